The minimum absolute atomic E-state index is 0.215. The predicted molar refractivity (Wildman–Crippen MR) is 52.6 cm³/mol. The van der Waals surface area contributed by atoms with Crippen LogP contribution >= 0.6 is 0 Å². The number of nitrogens with two attached hydrogens (primary N) is 1. The summed E-state index contributed by atoms with van der Waals surface area (Å²) in [6, 6.07) is 0.215. The van der Waals surface area contributed by atoms with Gasteiger partial charge in [-0.25, -0.2) is 0 Å². The normalized spacial score (nSPS) is 24.9. The van der Waals surface area contributed by atoms with Crippen LogP contribution in [0.5, 0.6) is 0 Å². The summed E-state index contributed by atoms with van der Waals surface area (Å²) in [4.78, 5) is 0. The third-order valence-electron chi connectivity index (χ3n) is 2.37. The average molecular weight is 187 g/mol. The monoisotopic (exact) mass is 187 g/mol. The third kappa shape index (κ3) is 4.60. The van der Waals surface area contributed by atoms with E-state index in [2.05, 4.69) is 6.92 Å². The molecule has 1 aliphatic rings. The Balaban J connectivity index is 1.93. The van der Waals surface area contributed by atoms with Gasteiger partial charge in [0.1, 0.15) is 0 Å². The molecule has 0 saturated carbocycles. The standard InChI is InChI=1S/C10H21NO2/c1-2-3-10(11)8-13-7-9-4-5-12-6-9/h9-10H,2-8,11H2,1H3. The molecular weight excluding hydrogens is 166 g/mol. The van der Waals surface area contributed by atoms with E-state index in [1.54, 1.807) is 0 Å². The minimum atomic E-state index is 0.215. The Bertz CT molecular complexity index is 124. The fourth-order valence-corrected chi connectivity index (χ4v) is 1.55. The van der Waals surface area contributed by atoms with Gasteiger partial charge in [0.15, 0.2) is 0 Å². The summed E-state index contributed by atoms with van der Waals surface area (Å²) in [5.41, 5.74) is 5.81. The fourth-order valence-electron chi connectivity index (χ4n) is 1.55. The summed E-state index contributed by atoms with van der Waals surface area (Å²) in [5.74, 6) is 0.605. The first-order valence-electron chi connectivity index (χ1n) is 5.24. The highest BCUT2D eigenvalue weighted by molar-refractivity contribution is 4.64. The van der Waals surface area contributed by atoms with Crippen molar-refractivity contribution in [1.82, 2.24) is 0 Å². The highest BCUT2D eigenvalue weighted by Gasteiger charge is 2.15. The van der Waals surface area contributed by atoms with E-state index in [0.717, 1.165) is 39.1 Å². The molecule has 0 radical (unpaired) electrons. The van der Waals surface area contributed by atoms with Crippen LogP contribution in [0, 0.1) is 5.92 Å². The predicted octanol–water partition coefficient (Wildman–Crippen LogP) is 1.17. The molecule has 1 aliphatic heterocycles. The molecule has 1 saturated heterocycles. The molecule has 0 amide bonds. The number of rotatable bonds is 6. The lowest BCUT2D eigenvalue weighted by molar-refractivity contribution is 0.0794. The number of hydrogen-bond acceptors (Lipinski definition) is 3. The zero-order chi connectivity index (χ0) is 9.52. The van der Waals surface area contributed by atoms with Gasteiger partial charge in [0.25, 0.3) is 0 Å². The maximum absolute atomic E-state index is 5.81. The van der Waals surface area contributed by atoms with Gasteiger partial charge >= 0.3 is 0 Å². The van der Waals surface area contributed by atoms with Crippen LogP contribution in [0.3, 0.4) is 0 Å². The van der Waals surface area contributed by atoms with Crippen molar-refractivity contribution in [2.24, 2.45) is 11.7 Å². The van der Waals surface area contributed by atoms with Crippen LogP contribution in [-0.4, -0.2) is 32.5 Å². The lowest BCUT2D eigenvalue weighted by Gasteiger charge is -2.13. The third-order valence-corrected chi connectivity index (χ3v) is 2.37. The molecule has 2 atom stereocenters. The van der Waals surface area contributed by atoms with Gasteiger partial charge in [0.05, 0.1) is 19.8 Å². The van der Waals surface area contributed by atoms with Crippen molar-refractivity contribution in [3.05, 3.63) is 0 Å². The molecule has 2 unspecified atom stereocenters. The van der Waals surface area contributed by atoms with Gasteiger partial charge in [0.2, 0.25) is 0 Å². The van der Waals surface area contributed by atoms with Crippen molar-refractivity contribution in [2.75, 3.05) is 26.4 Å². The quantitative estimate of drug-likeness (QED) is 0.679. The van der Waals surface area contributed by atoms with Crippen LogP contribution in [-0.2, 0) is 9.47 Å². The van der Waals surface area contributed by atoms with Crippen LogP contribution < -0.4 is 5.73 Å². The molecule has 2 N–H and O–H groups in total. The van der Waals surface area contributed by atoms with E-state index in [9.17, 15) is 0 Å². The van der Waals surface area contributed by atoms with Gasteiger partial charge in [-0.3, -0.25) is 0 Å². The molecule has 1 fully saturated rings. The van der Waals surface area contributed by atoms with E-state index in [4.69, 9.17) is 15.2 Å². The lowest BCUT2D eigenvalue weighted by Crippen LogP contribution is -2.27. The van der Waals surface area contributed by atoms with E-state index < -0.39 is 0 Å². The fraction of sp³-hybridized carbons (Fsp3) is 1.00. The molecular formula is C10H21NO2. The zero-order valence-electron chi connectivity index (χ0n) is 8.50. The average Bonchev–Trinajstić information content (AvgIpc) is 2.57. The molecule has 13 heavy (non-hydrogen) atoms. The number of hydrogen-bond donors (Lipinski definition) is 1. The van der Waals surface area contributed by atoms with E-state index in [-0.39, 0.29) is 6.04 Å². The summed E-state index contributed by atoms with van der Waals surface area (Å²) in [7, 11) is 0. The number of ether oxygens (including phenoxy) is 2. The van der Waals surface area contributed by atoms with Gasteiger partial charge in [-0.1, -0.05) is 13.3 Å². The maximum Gasteiger partial charge on any atom is 0.0617 e. The molecule has 1 heterocycles. The second-order valence-corrected chi connectivity index (χ2v) is 3.82. The summed E-state index contributed by atoms with van der Waals surface area (Å²) in [5, 5.41) is 0. The Morgan fingerprint density at radius 1 is 1.62 bits per heavy atom. The zero-order valence-corrected chi connectivity index (χ0v) is 8.50. The van der Waals surface area contributed by atoms with Crippen molar-refractivity contribution in [2.45, 2.75) is 32.2 Å². The van der Waals surface area contributed by atoms with Gasteiger partial charge in [-0.05, 0) is 12.8 Å². The first-order valence-corrected chi connectivity index (χ1v) is 5.24. The van der Waals surface area contributed by atoms with Crippen molar-refractivity contribution in [3.8, 4) is 0 Å². The summed E-state index contributed by atoms with van der Waals surface area (Å²) >= 11 is 0. The highest BCUT2D eigenvalue weighted by Crippen LogP contribution is 2.12. The molecule has 78 valence electrons. The van der Waals surface area contributed by atoms with Crippen LogP contribution in [0.2, 0.25) is 0 Å². The summed E-state index contributed by atoms with van der Waals surface area (Å²) in [6.07, 6.45) is 3.33. The topological polar surface area (TPSA) is 44.5 Å². The SMILES string of the molecule is CCCC(N)COCC1CCOC1. The molecule has 0 aromatic rings. The van der Waals surface area contributed by atoms with E-state index in [0.29, 0.717) is 12.5 Å². The Hall–Kier alpha value is -0.120. The Morgan fingerprint density at radius 3 is 3.08 bits per heavy atom. The van der Waals surface area contributed by atoms with Gasteiger partial charge in [0, 0.05) is 18.6 Å². The summed E-state index contributed by atoms with van der Waals surface area (Å²) in [6.45, 7) is 5.42. The van der Waals surface area contributed by atoms with Gasteiger partial charge in [-0.15, -0.1) is 0 Å². The Morgan fingerprint density at radius 2 is 2.46 bits per heavy atom. The minimum Gasteiger partial charge on any atom is -0.381 e. The maximum atomic E-state index is 5.81. The van der Waals surface area contributed by atoms with Crippen molar-refractivity contribution >= 4 is 0 Å². The smallest absolute Gasteiger partial charge is 0.0617 e. The van der Waals surface area contributed by atoms with E-state index >= 15 is 0 Å². The van der Waals surface area contributed by atoms with Crippen LogP contribution in [0.25, 0.3) is 0 Å². The second-order valence-electron chi connectivity index (χ2n) is 3.82. The molecule has 0 aromatic carbocycles. The van der Waals surface area contributed by atoms with Gasteiger partial charge < -0.3 is 15.2 Å². The molecule has 0 spiro atoms. The van der Waals surface area contributed by atoms with Crippen LogP contribution in [0.1, 0.15) is 26.2 Å². The summed E-state index contributed by atoms with van der Waals surface area (Å²) < 4.78 is 10.8. The van der Waals surface area contributed by atoms with Crippen molar-refractivity contribution < 1.29 is 9.47 Å². The molecule has 1 rings (SSSR count). The van der Waals surface area contributed by atoms with Crippen molar-refractivity contribution in [3.63, 3.8) is 0 Å². The van der Waals surface area contributed by atoms with Crippen LogP contribution in [0.15, 0.2) is 0 Å². The van der Waals surface area contributed by atoms with Crippen LogP contribution in [0.4, 0.5) is 0 Å². The highest BCUT2D eigenvalue weighted by atomic mass is 16.5. The van der Waals surface area contributed by atoms with E-state index in [1.165, 1.54) is 0 Å². The Labute approximate surface area is 80.6 Å². The second kappa shape index (κ2) is 6.35. The Kier molecular flexibility index (Phi) is 5.35. The van der Waals surface area contributed by atoms with Gasteiger partial charge in [-0.2, -0.15) is 0 Å². The lowest BCUT2D eigenvalue weighted by atomic mass is 10.1. The first kappa shape index (κ1) is 11.0. The molecule has 0 aromatic heterocycles. The molecule has 0 aliphatic carbocycles. The van der Waals surface area contributed by atoms with E-state index in [1.807, 2.05) is 0 Å². The molecule has 0 bridgehead atoms. The first-order chi connectivity index (χ1) is 6.33. The van der Waals surface area contributed by atoms with Crippen molar-refractivity contribution in [1.29, 1.82) is 0 Å². The molecule has 3 heteroatoms. The molecule has 3 nitrogen and oxygen atoms in total. The largest absolute Gasteiger partial charge is 0.381 e.